The van der Waals surface area contributed by atoms with E-state index in [1.807, 2.05) is 6.92 Å². The number of nitro groups is 1. The van der Waals surface area contributed by atoms with E-state index in [4.69, 9.17) is 9.47 Å². The Morgan fingerprint density at radius 3 is 2.34 bits per heavy atom. The molecule has 1 aliphatic heterocycles. The summed E-state index contributed by atoms with van der Waals surface area (Å²) in [5.74, 6) is -2.21. The smallest absolute Gasteiger partial charge is 0.335 e. The predicted molar refractivity (Wildman–Crippen MR) is 113 cm³/mol. The second-order valence-corrected chi connectivity index (χ2v) is 6.46. The maximum Gasteiger partial charge on any atom is 0.335 e. The zero-order valence-electron chi connectivity index (χ0n) is 17.2. The van der Waals surface area contributed by atoms with Gasteiger partial charge in [-0.25, -0.2) is 9.69 Å². The Hall–Kier alpha value is -4.41. The molecule has 0 atom stereocenters. The Morgan fingerprint density at radius 1 is 1.09 bits per heavy atom. The molecule has 3 rings (SSSR count). The minimum Gasteiger partial charge on any atom is -0.500 e. The predicted octanol–water partition coefficient (Wildman–Crippen LogP) is 2.76. The highest BCUT2D eigenvalue weighted by molar-refractivity contribution is 6.39. The summed E-state index contributed by atoms with van der Waals surface area (Å²) in [6.07, 6.45) is 1.08. The number of benzene rings is 2. The molecule has 1 fully saturated rings. The van der Waals surface area contributed by atoms with Gasteiger partial charge in [-0.2, -0.15) is 0 Å². The van der Waals surface area contributed by atoms with Crippen molar-refractivity contribution in [3.63, 3.8) is 0 Å². The number of urea groups is 1. The van der Waals surface area contributed by atoms with Crippen molar-refractivity contribution in [2.24, 2.45) is 0 Å². The zero-order valence-corrected chi connectivity index (χ0v) is 17.2. The molecule has 0 aromatic heterocycles. The molecule has 11 nitrogen and oxygen atoms in total. The highest BCUT2D eigenvalue weighted by atomic mass is 16.6. The van der Waals surface area contributed by atoms with Gasteiger partial charge in [-0.1, -0.05) is 0 Å². The largest absolute Gasteiger partial charge is 0.500 e. The van der Waals surface area contributed by atoms with Crippen molar-refractivity contribution in [3.05, 3.63) is 57.6 Å². The van der Waals surface area contributed by atoms with E-state index in [1.165, 1.54) is 18.2 Å². The molecule has 0 unspecified atom stereocenters. The number of phenols is 1. The number of carbonyl (C=O) groups excluding carboxylic acids is 3. The molecule has 0 bridgehead atoms. The van der Waals surface area contributed by atoms with E-state index in [0.717, 1.165) is 17.0 Å². The SMILES string of the molecule is CCOc1ccc(N2C(=O)NC(=O)C(=Cc3cc(OCC)c(O)c([N+](=O)[O-])c3)C2=O)cc1. The molecule has 4 amide bonds. The van der Waals surface area contributed by atoms with Gasteiger partial charge in [0, 0.05) is 6.07 Å². The summed E-state index contributed by atoms with van der Waals surface area (Å²) in [5, 5.41) is 23.3. The molecule has 2 aromatic carbocycles. The number of imide groups is 2. The number of nitro benzene ring substituents is 1. The lowest BCUT2D eigenvalue weighted by atomic mass is 10.1. The van der Waals surface area contributed by atoms with Crippen LogP contribution in [-0.4, -0.2) is 41.1 Å². The van der Waals surface area contributed by atoms with Crippen molar-refractivity contribution in [2.45, 2.75) is 13.8 Å². The first-order chi connectivity index (χ1) is 15.3. The van der Waals surface area contributed by atoms with E-state index in [1.54, 1.807) is 19.1 Å². The van der Waals surface area contributed by atoms with Gasteiger partial charge in [0.15, 0.2) is 5.75 Å². The molecular weight excluding hydrogens is 422 g/mol. The molecular formula is C21H19N3O8. The fourth-order valence-electron chi connectivity index (χ4n) is 3.02. The highest BCUT2D eigenvalue weighted by Gasteiger charge is 2.37. The number of rotatable bonds is 7. The Balaban J connectivity index is 2.03. The molecule has 0 radical (unpaired) electrons. The van der Waals surface area contributed by atoms with Crippen LogP contribution in [0.25, 0.3) is 6.08 Å². The van der Waals surface area contributed by atoms with Crippen LogP contribution in [0.5, 0.6) is 17.2 Å². The molecule has 0 aliphatic carbocycles. The lowest BCUT2D eigenvalue weighted by molar-refractivity contribution is -0.386. The Bertz CT molecular complexity index is 1120. The van der Waals surface area contributed by atoms with Crippen molar-refractivity contribution < 1.29 is 33.9 Å². The number of amides is 4. The minimum absolute atomic E-state index is 0.0532. The molecule has 0 saturated carbocycles. The molecule has 1 aliphatic rings. The number of hydrogen-bond acceptors (Lipinski definition) is 8. The van der Waals surface area contributed by atoms with Gasteiger partial charge in [0.25, 0.3) is 11.8 Å². The van der Waals surface area contributed by atoms with Crippen LogP contribution in [0.1, 0.15) is 19.4 Å². The average molecular weight is 441 g/mol. The third-order valence-electron chi connectivity index (χ3n) is 4.39. The van der Waals surface area contributed by atoms with Gasteiger partial charge in [-0.3, -0.25) is 25.0 Å². The first-order valence-corrected chi connectivity index (χ1v) is 9.55. The van der Waals surface area contributed by atoms with Crippen molar-refractivity contribution in [3.8, 4) is 17.2 Å². The number of phenolic OH excluding ortho intramolecular Hbond substituents is 1. The highest BCUT2D eigenvalue weighted by Crippen LogP contribution is 2.38. The number of anilines is 1. The normalized spacial score (nSPS) is 15.0. The zero-order chi connectivity index (χ0) is 23.4. The summed E-state index contributed by atoms with van der Waals surface area (Å²) in [6, 6.07) is 7.39. The molecule has 166 valence electrons. The lowest BCUT2D eigenvalue weighted by Crippen LogP contribution is -2.54. The summed E-state index contributed by atoms with van der Waals surface area (Å²) in [7, 11) is 0. The number of hydrogen-bond donors (Lipinski definition) is 2. The van der Waals surface area contributed by atoms with Gasteiger partial charge in [-0.05, 0) is 55.8 Å². The van der Waals surface area contributed by atoms with Crippen LogP contribution in [0.15, 0.2) is 42.0 Å². The maximum absolute atomic E-state index is 13.0. The van der Waals surface area contributed by atoms with Crippen molar-refractivity contribution in [1.29, 1.82) is 0 Å². The fourth-order valence-corrected chi connectivity index (χ4v) is 3.02. The van der Waals surface area contributed by atoms with Gasteiger partial charge >= 0.3 is 11.7 Å². The average Bonchev–Trinajstić information content (AvgIpc) is 2.74. The van der Waals surface area contributed by atoms with Gasteiger partial charge in [-0.15, -0.1) is 0 Å². The maximum atomic E-state index is 13.0. The summed E-state index contributed by atoms with van der Waals surface area (Å²) in [4.78, 5) is 48.9. The first kappa shape index (κ1) is 22.3. The van der Waals surface area contributed by atoms with Gasteiger partial charge < -0.3 is 14.6 Å². The summed E-state index contributed by atoms with van der Waals surface area (Å²) < 4.78 is 10.5. The number of carbonyl (C=O) groups is 3. The molecule has 0 spiro atoms. The van der Waals surface area contributed by atoms with E-state index in [-0.39, 0.29) is 23.6 Å². The third-order valence-corrected chi connectivity index (χ3v) is 4.39. The van der Waals surface area contributed by atoms with Gasteiger partial charge in [0.05, 0.1) is 23.8 Å². The minimum atomic E-state index is -0.962. The molecule has 1 heterocycles. The monoisotopic (exact) mass is 441 g/mol. The van der Waals surface area contributed by atoms with Gasteiger partial charge in [0.2, 0.25) is 5.75 Å². The van der Waals surface area contributed by atoms with Crippen molar-refractivity contribution in [1.82, 2.24) is 5.32 Å². The molecule has 1 saturated heterocycles. The summed E-state index contributed by atoms with van der Waals surface area (Å²) in [6.45, 7) is 3.98. The van der Waals surface area contributed by atoms with Crippen LogP contribution in [0.3, 0.4) is 0 Å². The van der Waals surface area contributed by atoms with Crippen LogP contribution in [0, 0.1) is 10.1 Å². The van der Waals surface area contributed by atoms with Gasteiger partial charge in [0.1, 0.15) is 11.3 Å². The number of nitrogens with one attached hydrogen (secondary N) is 1. The Labute approximate surface area is 182 Å². The van der Waals surface area contributed by atoms with Crippen LogP contribution < -0.4 is 19.7 Å². The van der Waals surface area contributed by atoms with E-state index < -0.39 is 39.8 Å². The van der Waals surface area contributed by atoms with Crippen LogP contribution >= 0.6 is 0 Å². The Morgan fingerprint density at radius 2 is 1.75 bits per heavy atom. The van der Waals surface area contributed by atoms with Crippen molar-refractivity contribution in [2.75, 3.05) is 18.1 Å². The summed E-state index contributed by atoms with van der Waals surface area (Å²) in [5.41, 5.74) is -0.842. The number of barbiturate groups is 1. The molecule has 2 aromatic rings. The third kappa shape index (κ3) is 4.36. The fraction of sp³-hybridized carbons (Fsp3) is 0.190. The second-order valence-electron chi connectivity index (χ2n) is 6.46. The molecule has 11 heteroatoms. The van der Waals surface area contributed by atoms with E-state index in [0.29, 0.717) is 12.4 Å². The number of aromatic hydroxyl groups is 1. The first-order valence-electron chi connectivity index (χ1n) is 9.55. The van der Waals surface area contributed by atoms with Crippen LogP contribution in [0.4, 0.5) is 16.2 Å². The van der Waals surface area contributed by atoms with Crippen molar-refractivity contribution >= 4 is 35.3 Å². The molecule has 2 N–H and O–H groups in total. The standard InChI is InChI=1S/C21H19N3O8/c1-3-31-14-7-5-13(6-8-14)23-20(27)15(19(26)22-21(23)28)9-12-10-16(24(29)30)18(25)17(11-12)32-4-2/h5-11,25H,3-4H2,1-2H3,(H,22,26,28). The van der Waals surface area contributed by atoms with E-state index in [2.05, 4.69) is 5.32 Å². The van der Waals surface area contributed by atoms with Crippen LogP contribution in [0.2, 0.25) is 0 Å². The Kier molecular flexibility index (Phi) is 6.38. The summed E-state index contributed by atoms with van der Waals surface area (Å²) >= 11 is 0. The lowest BCUT2D eigenvalue weighted by Gasteiger charge is -2.26. The van der Waals surface area contributed by atoms with E-state index >= 15 is 0 Å². The number of nitrogens with zero attached hydrogens (tertiary/aromatic N) is 2. The topological polar surface area (TPSA) is 148 Å². The molecule has 32 heavy (non-hydrogen) atoms. The quantitative estimate of drug-likeness (QED) is 0.288. The second kappa shape index (κ2) is 9.16. The van der Waals surface area contributed by atoms with E-state index in [9.17, 15) is 29.6 Å². The van der Waals surface area contributed by atoms with Crippen LogP contribution in [-0.2, 0) is 9.59 Å². The number of ether oxygens (including phenoxy) is 2.